The van der Waals surface area contributed by atoms with Crippen molar-refractivity contribution in [2.24, 2.45) is 5.73 Å². The molecule has 21 heavy (non-hydrogen) atoms. The number of nitrogens with one attached hydrogen (secondary N) is 1. The van der Waals surface area contributed by atoms with Gasteiger partial charge in [-0.3, -0.25) is 10.4 Å². The molecule has 0 aliphatic heterocycles. The maximum atomic E-state index is 7.80. The van der Waals surface area contributed by atoms with Gasteiger partial charge in [0.1, 0.15) is 5.84 Å². The number of pyridine rings is 1. The summed E-state index contributed by atoms with van der Waals surface area (Å²) in [6.45, 7) is 2.08. The third-order valence-electron chi connectivity index (χ3n) is 3.32. The molecule has 104 valence electrons. The minimum Gasteiger partial charge on any atom is -0.384 e. The third kappa shape index (κ3) is 2.62. The molecule has 0 aliphatic rings. The highest BCUT2D eigenvalue weighted by Gasteiger charge is 2.13. The standard InChI is InChI=1S/C17H15N3S/c1-11-6-2-5-9-15(11)21-16-12-7-3-4-8-14(12)20-10-13(16)17(18)19/h2-10H,1H3,(H3,18,19). The summed E-state index contributed by atoms with van der Waals surface area (Å²) in [7, 11) is 0. The second kappa shape index (κ2) is 5.58. The van der Waals surface area contributed by atoms with Crippen LogP contribution in [-0.4, -0.2) is 10.8 Å². The first-order valence-corrected chi connectivity index (χ1v) is 7.44. The zero-order valence-electron chi connectivity index (χ0n) is 11.6. The van der Waals surface area contributed by atoms with Crippen LogP contribution in [0.1, 0.15) is 11.1 Å². The van der Waals surface area contributed by atoms with Gasteiger partial charge in [0.15, 0.2) is 0 Å². The highest BCUT2D eigenvalue weighted by molar-refractivity contribution is 7.99. The van der Waals surface area contributed by atoms with Crippen LogP contribution in [0, 0.1) is 12.3 Å². The van der Waals surface area contributed by atoms with Crippen LogP contribution < -0.4 is 5.73 Å². The Balaban J connectivity index is 2.21. The maximum absolute atomic E-state index is 7.80. The van der Waals surface area contributed by atoms with E-state index in [0.29, 0.717) is 5.56 Å². The lowest BCUT2D eigenvalue weighted by molar-refractivity contribution is 1.27. The van der Waals surface area contributed by atoms with Crippen LogP contribution in [0.2, 0.25) is 0 Å². The molecule has 0 saturated carbocycles. The lowest BCUT2D eigenvalue weighted by Gasteiger charge is -2.12. The van der Waals surface area contributed by atoms with Crippen LogP contribution in [0.25, 0.3) is 10.9 Å². The Morgan fingerprint density at radius 3 is 2.57 bits per heavy atom. The number of hydrogen-bond acceptors (Lipinski definition) is 3. The van der Waals surface area contributed by atoms with E-state index in [2.05, 4.69) is 24.0 Å². The van der Waals surface area contributed by atoms with Gasteiger partial charge in [0, 0.05) is 26.9 Å². The molecule has 0 radical (unpaired) electrons. The predicted octanol–water partition coefficient (Wildman–Crippen LogP) is 3.98. The molecule has 3 aromatic rings. The number of benzene rings is 2. The number of hydrogen-bond donors (Lipinski definition) is 2. The Bertz CT molecular complexity index is 827. The molecule has 3 N–H and O–H groups in total. The zero-order chi connectivity index (χ0) is 14.8. The summed E-state index contributed by atoms with van der Waals surface area (Å²) in [4.78, 5) is 6.54. The molecular formula is C17H15N3S. The third-order valence-corrected chi connectivity index (χ3v) is 4.64. The molecule has 3 nitrogen and oxygen atoms in total. The summed E-state index contributed by atoms with van der Waals surface area (Å²) in [6, 6.07) is 16.2. The molecule has 0 aliphatic carbocycles. The Morgan fingerprint density at radius 1 is 1.10 bits per heavy atom. The van der Waals surface area contributed by atoms with Crippen molar-refractivity contribution in [3.63, 3.8) is 0 Å². The fraction of sp³-hybridized carbons (Fsp3) is 0.0588. The summed E-state index contributed by atoms with van der Waals surface area (Å²) in [5.41, 5.74) is 8.53. The van der Waals surface area contributed by atoms with E-state index >= 15 is 0 Å². The molecule has 0 unspecified atom stereocenters. The number of nitrogen functional groups attached to an aromatic ring is 1. The van der Waals surface area contributed by atoms with Crippen molar-refractivity contribution in [1.82, 2.24) is 4.98 Å². The Kier molecular flexibility index (Phi) is 3.62. The van der Waals surface area contributed by atoms with Crippen LogP contribution in [0.4, 0.5) is 0 Å². The number of amidine groups is 1. The maximum Gasteiger partial charge on any atom is 0.125 e. The van der Waals surface area contributed by atoms with Crippen molar-refractivity contribution in [2.45, 2.75) is 16.7 Å². The van der Waals surface area contributed by atoms with Gasteiger partial charge in [-0.1, -0.05) is 48.2 Å². The number of nitrogens with zero attached hydrogens (tertiary/aromatic N) is 1. The number of aromatic nitrogens is 1. The second-order valence-corrected chi connectivity index (χ2v) is 5.85. The Hall–Kier alpha value is -2.33. The van der Waals surface area contributed by atoms with E-state index in [1.54, 1.807) is 18.0 Å². The van der Waals surface area contributed by atoms with Crippen LogP contribution in [0.3, 0.4) is 0 Å². The molecule has 0 fully saturated rings. The van der Waals surface area contributed by atoms with Crippen LogP contribution in [-0.2, 0) is 0 Å². The monoisotopic (exact) mass is 293 g/mol. The zero-order valence-corrected chi connectivity index (χ0v) is 12.4. The van der Waals surface area contributed by atoms with Crippen molar-refractivity contribution in [3.05, 3.63) is 65.9 Å². The van der Waals surface area contributed by atoms with Gasteiger partial charge in [-0.25, -0.2) is 0 Å². The van der Waals surface area contributed by atoms with Gasteiger partial charge in [-0.15, -0.1) is 0 Å². The summed E-state index contributed by atoms with van der Waals surface area (Å²) < 4.78 is 0. The molecule has 1 aromatic heterocycles. The molecule has 0 atom stereocenters. The lowest BCUT2D eigenvalue weighted by Crippen LogP contribution is -2.13. The van der Waals surface area contributed by atoms with E-state index in [9.17, 15) is 0 Å². The Labute approximate surface area is 127 Å². The van der Waals surface area contributed by atoms with Gasteiger partial charge in [0.25, 0.3) is 0 Å². The van der Waals surface area contributed by atoms with Crippen molar-refractivity contribution < 1.29 is 0 Å². The lowest BCUT2D eigenvalue weighted by atomic mass is 10.1. The number of para-hydroxylation sites is 1. The van der Waals surface area contributed by atoms with Crippen molar-refractivity contribution in [3.8, 4) is 0 Å². The first-order chi connectivity index (χ1) is 10.2. The highest BCUT2D eigenvalue weighted by atomic mass is 32.2. The van der Waals surface area contributed by atoms with E-state index in [-0.39, 0.29) is 5.84 Å². The fourth-order valence-corrected chi connectivity index (χ4v) is 3.35. The molecule has 4 heteroatoms. The highest BCUT2D eigenvalue weighted by Crippen LogP contribution is 2.36. The van der Waals surface area contributed by atoms with Gasteiger partial charge >= 0.3 is 0 Å². The number of aryl methyl sites for hydroxylation is 1. The van der Waals surface area contributed by atoms with Crippen molar-refractivity contribution in [2.75, 3.05) is 0 Å². The smallest absolute Gasteiger partial charge is 0.125 e. The van der Waals surface area contributed by atoms with Gasteiger partial charge in [-0.05, 0) is 24.6 Å². The SMILES string of the molecule is Cc1ccccc1Sc1c(C(=N)N)cnc2ccccc12. The van der Waals surface area contributed by atoms with E-state index < -0.39 is 0 Å². The molecule has 0 bridgehead atoms. The van der Waals surface area contributed by atoms with Crippen LogP contribution in [0.15, 0.2) is 64.5 Å². The van der Waals surface area contributed by atoms with E-state index in [0.717, 1.165) is 20.7 Å². The molecule has 0 saturated heterocycles. The number of nitrogens with two attached hydrogens (primary N) is 1. The van der Waals surface area contributed by atoms with Gasteiger partial charge in [0.2, 0.25) is 0 Å². The van der Waals surface area contributed by atoms with E-state index in [1.165, 1.54) is 5.56 Å². The quantitative estimate of drug-likeness (QED) is 0.567. The fourth-order valence-electron chi connectivity index (χ4n) is 2.20. The minimum absolute atomic E-state index is 0.0457. The van der Waals surface area contributed by atoms with Gasteiger partial charge < -0.3 is 5.73 Å². The second-order valence-electron chi connectivity index (χ2n) is 4.80. The minimum atomic E-state index is 0.0457. The molecule has 2 aromatic carbocycles. The van der Waals surface area contributed by atoms with Crippen LogP contribution >= 0.6 is 11.8 Å². The van der Waals surface area contributed by atoms with E-state index in [1.807, 2.05) is 36.4 Å². The number of fused-ring (bicyclic) bond motifs is 1. The molecular weight excluding hydrogens is 278 g/mol. The summed E-state index contributed by atoms with van der Waals surface area (Å²) in [5, 5.41) is 8.82. The molecule has 0 amide bonds. The van der Waals surface area contributed by atoms with Crippen molar-refractivity contribution in [1.29, 1.82) is 5.41 Å². The van der Waals surface area contributed by atoms with Crippen molar-refractivity contribution >= 4 is 28.5 Å². The average molecular weight is 293 g/mol. The van der Waals surface area contributed by atoms with Crippen LogP contribution in [0.5, 0.6) is 0 Å². The average Bonchev–Trinajstić information content (AvgIpc) is 2.49. The van der Waals surface area contributed by atoms with E-state index in [4.69, 9.17) is 11.1 Å². The van der Waals surface area contributed by atoms with Gasteiger partial charge in [0.05, 0.1) is 5.52 Å². The predicted molar refractivity (Wildman–Crippen MR) is 88.1 cm³/mol. The molecule has 0 spiro atoms. The first kappa shape index (κ1) is 13.6. The van der Waals surface area contributed by atoms with Gasteiger partial charge in [-0.2, -0.15) is 0 Å². The summed E-state index contributed by atoms with van der Waals surface area (Å²) >= 11 is 1.64. The Morgan fingerprint density at radius 2 is 1.81 bits per heavy atom. The number of rotatable bonds is 3. The molecule has 3 rings (SSSR count). The molecule has 1 heterocycles. The largest absolute Gasteiger partial charge is 0.384 e. The summed E-state index contributed by atoms with van der Waals surface area (Å²) in [6.07, 6.45) is 1.69. The summed E-state index contributed by atoms with van der Waals surface area (Å²) in [5.74, 6) is 0.0457. The topological polar surface area (TPSA) is 62.8 Å². The normalized spacial score (nSPS) is 10.7. The first-order valence-electron chi connectivity index (χ1n) is 6.62.